The van der Waals surface area contributed by atoms with E-state index in [1.807, 2.05) is 0 Å². The Hall–Kier alpha value is -4.17. The summed E-state index contributed by atoms with van der Waals surface area (Å²) in [5.41, 5.74) is 11.6. The van der Waals surface area contributed by atoms with Crippen molar-refractivity contribution in [2.45, 2.75) is 6.29 Å². The van der Waals surface area contributed by atoms with E-state index in [1.165, 1.54) is 12.1 Å². The van der Waals surface area contributed by atoms with Crippen LogP contribution in [0.4, 0.5) is 17.3 Å². The zero-order valence-corrected chi connectivity index (χ0v) is 14.0. The van der Waals surface area contributed by atoms with Crippen molar-refractivity contribution in [3.05, 3.63) is 74.1 Å². The van der Waals surface area contributed by atoms with Crippen LogP contribution in [-0.4, -0.2) is 21.5 Å². The fourth-order valence-electron chi connectivity index (χ4n) is 2.29. The van der Waals surface area contributed by atoms with Crippen LogP contribution in [-0.2, 0) is 0 Å². The lowest BCUT2D eigenvalue weighted by atomic mass is 10.2. The molecule has 28 heavy (non-hydrogen) atoms. The van der Waals surface area contributed by atoms with Gasteiger partial charge in [0, 0.05) is 32.0 Å². The summed E-state index contributed by atoms with van der Waals surface area (Å²) < 4.78 is 0.420. The number of nitrogen functional groups attached to an aromatic ring is 1. The number of benzene rings is 2. The molecular weight excluding hydrogens is 376 g/mol. The van der Waals surface area contributed by atoms with Gasteiger partial charge in [-0.25, -0.2) is 9.79 Å². The zero-order chi connectivity index (χ0) is 20.8. The lowest BCUT2D eigenvalue weighted by molar-refractivity contribution is -0.672. The number of hydrogen-bond donors (Lipinski definition) is 3. The molecule has 5 N–H and O–H groups in total. The monoisotopic (exact) mass is 391 g/mol. The Morgan fingerprint density at radius 1 is 1.04 bits per heavy atom. The molecule has 4 rings (SSSR count). The van der Waals surface area contributed by atoms with Crippen LogP contribution in [0.15, 0.2) is 53.6 Å². The second-order valence-electron chi connectivity index (χ2n) is 5.15. The average molecular weight is 391 g/mol. The van der Waals surface area contributed by atoms with Crippen molar-refractivity contribution in [3.8, 4) is 0 Å². The third-order valence-corrected chi connectivity index (χ3v) is 3.52. The second-order valence-corrected chi connectivity index (χ2v) is 5.15. The fourth-order valence-corrected chi connectivity index (χ4v) is 2.29. The molecule has 1 unspecified atom stereocenters. The Morgan fingerprint density at radius 3 is 2.29 bits per heavy atom. The van der Waals surface area contributed by atoms with Crippen LogP contribution < -0.4 is 26.1 Å². The summed E-state index contributed by atoms with van der Waals surface area (Å²) in [5.74, 6) is -0.353. The maximum atomic E-state index is 11.3. The molecule has 0 bridgehead atoms. The van der Waals surface area contributed by atoms with E-state index in [2.05, 4.69) is 10.2 Å². The summed E-state index contributed by atoms with van der Waals surface area (Å²) in [6, 6.07) is 12.8. The number of aromatic nitrogens is 3. The topological polar surface area (TPSA) is 215 Å². The van der Waals surface area contributed by atoms with E-state index in [0.29, 0.717) is 20.1 Å². The van der Waals surface area contributed by atoms with E-state index < -0.39 is 6.29 Å². The molecule has 2 heterocycles. The van der Waals surface area contributed by atoms with Crippen molar-refractivity contribution in [2.24, 2.45) is 10.8 Å². The first-order chi connectivity index (χ1) is 13.4. The van der Waals surface area contributed by atoms with Crippen LogP contribution in [0.3, 0.4) is 0 Å². The van der Waals surface area contributed by atoms with Gasteiger partial charge in [-0.2, -0.15) is 0 Å². The van der Waals surface area contributed by atoms with Gasteiger partial charge in [0.05, 0.1) is 0 Å². The van der Waals surface area contributed by atoms with Crippen molar-refractivity contribution in [2.75, 3.05) is 10.8 Å². The van der Waals surface area contributed by atoms with Gasteiger partial charge in [-0.15, -0.1) is 0 Å². The lowest BCUT2D eigenvalue weighted by Crippen LogP contribution is -2.44. The van der Waals surface area contributed by atoms with Gasteiger partial charge in [0.1, 0.15) is 5.69 Å². The highest BCUT2D eigenvalue weighted by atomic mass is 16.7. The van der Waals surface area contributed by atoms with Crippen molar-refractivity contribution >= 4 is 28.4 Å². The summed E-state index contributed by atoms with van der Waals surface area (Å²) in [7, 11) is 0. The number of hydrogen-bond acceptors (Lipinski definition) is 11. The highest BCUT2D eigenvalue weighted by molar-refractivity contribution is 5.67. The second kappa shape index (κ2) is 8.47. The molecule has 1 atom stereocenters. The van der Waals surface area contributed by atoms with E-state index in [9.17, 15) is 20.8 Å². The number of hydroxylamine groups is 1. The Balaban J connectivity index is 0.000000259. The predicted molar refractivity (Wildman–Crippen MR) is 96.3 cm³/mol. The third-order valence-electron chi connectivity index (χ3n) is 3.52. The molecule has 0 fully saturated rings. The lowest BCUT2D eigenvalue weighted by Gasteiger charge is -2.23. The van der Waals surface area contributed by atoms with Crippen molar-refractivity contribution in [1.29, 1.82) is 0 Å². The molecule has 3 aromatic rings. The summed E-state index contributed by atoms with van der Waals surface area (Å²) in [5, 5.41) is 50.4. The Labute approximate surface area is 157 Å². The Kier molecular flexibility index (Phi) is 6.10. The molecule has 0 saturated heterocycles. The summed E-state index contributed by atoms with van der Waals surface area (Å²) >= 11 is 0. The van der Waals surface area contributed by atoms with Crippen LogP contribution in [0, 0.1) is 25.6 Å². The number of fused-ring (bicyclic) bond motifs is 2. The van der Waals surface area contributed by atoms with Crippen LogP contribution in [0.25, 0.3) is 11.0 Å². The smallest absolute Gasteiger partial charge is 0.739 e. The van der Waals surface area contributed by atoms with Gasteiger partial charge in [0.2, 0.25) is 5.10 Å². The Morgan fingerprint density at radius 2 is 1.61 bits per heavy atom. The van der Waals surface area contributed by atoms with Gasteiger partial charge < -0.3 is 15.6 Å². The SMILES string of the molecule is NC1N=[N+]([O-])c2ccccc2N1O.Nc1n[n+]([O-])c2ccccc2[n+]1[O-].O=O.[H+]. The van der Waals surface area contributed by atoms with Crippen LogP contribution in [0.5, 0.6) is 0 Å². The normalized spacial score (nSPS) is 14.7. The maximum absolute atomic E-state index is 11.3. The minimum Gasteiger partial charge on any atom is -0.739 e. The first kappa shape index (κ1) is 20.1. The molecule has 14 nitrogen and oxygen atoms in total. The van der Waals surface area contributed by atoms with E-state index >= 15 is 0 Å². The van der Waals surface area contributed by atoms with E-state index in [0.717, 1.165) is 5.06 Å². The summed E-state index contributed by atoms with van der Waals surface area (Å²) in [6.07, 6.45) is -1.03. The van der Waals surface area contributed by atoms with Crippen LogP contribution >= 0.6 is 0 Å². The van der Waals surface area contributed by atoms with Gasteiger partial charge in [-0.05, 0) is 17.0 Å². The summed E-state index contributed by atoms with van der Waals surface area (Å²) in [4.78, 5) is 14.7. The van der Waals surface area contributed by atoms with Crippen LogP contribution in [0.1, 0.15) is 1.43 Å². The Bertz CT molecular complexity index is 1020. The molecule has 0 spiro atoms. The first-order valence-corrected chi connectivity index (χ1v) is 7.45. The largest absolute Gasteiger partial charge is 1.00 e. The van der Waals surface area contributed by atoms with Crippen molar-refractivity contribution in [1.82, 2.24) is 5.10 Å². The highest BCUT2D eigenvalue weighted by Gasteiger charge is 2.27. The van der Waals surface area contributed by atoms with Crippen molar-refractivity contribution in [3.63, 3.8) is 0 Å². The van der Waals surface area contributed by atoms with Gasteiger partial charge in [-0.3, -0.25) is 16.7 Å². The quantitative estimate of drug-likeness (QED) is 0.344. The number of anilines is 2. The fraction of sp³-hybridized carbons (Fsp3) is 0.0714. The molecule has 0 saturated carbocycles. The van der Waals surface area contributed by atoms with E-state index in [1.54, 1.807) is 36.4 Å². The van der Waals surface area contributed by atoms with Crippen molar-refractivity contribution < 1.29 is 21.1 Å². The molecule has 1 aromatic heterocycles. The molecule has 14 heteroatoms. The number of nitrogens with zero attached hydrogens (tertiary/aromatic N) is 6. The van der Waals surface area contributed by atoms with Crippen LogP contribution in [0.2, 0.25) is 0 Å². The third kappa shape index (κ3) is 3.81. The zero-order valence-electron chi connectivity index (χ0n) is 15.0. The maximum Gasteiger partial charge on any atom is 1.00 e. The average Bonchev–Trinajstić information content (AvgIpc) is 2.72. The molecule has 1 aliphatic rings. The summed E-state index contributed by atoms with van der Waals surface area (Å²) in [6.45, 7) is 0. The number of rotatable bonds is 0. The van der Waals surface area contributed by atoms with E-state index in [-0.39, 0.29) is 24.1 Å². The molecule has 2 aromatic carbocycles. The highest BCUT2D eigenvalue weighted by Crippen LogP contribution is 2.30. The number of para-hydroxylation sites is 4. The first-order valence-electron chi connectivity index (χ1n) is 7.45. The molecule has 0 radical (unpaired) electrons. The number of nitrogens with two attached hydrogens (primary N) is 2. The van der Waals surface area contributed by atoms with Gasteiger partial charge in [-0.1, -0.05) is 24.3 Å². The van der Waals surface area contributed by atoms with Gasteiger partial charge in [0.25, 0.3) is 17.5 Å². The molecule has 0 aliphatic carbocycles. The molecule has 0 amide bonds. The number of azo groups is 1. The van der Waals surface area contributed by atoms with E-state index in [4.69, 9.17) is 21.4 Å². The minimum atomic E-state index is -1.03. The standard InChI is InChI=1S/C7H8N4O2.C7H6N4O2.O2/c2*8-7-9-11(13)6-4-2-1-3-5(6)10(7)12;1-2/h1-4,7,12H,8H2;1-4H,(H2,8,9);/p+1. The van der Waals surface area contributed by atoms with Gasteiger partial charge >= 0.3 is 7.37 Å². The predicted octanol–water partition coefficient (Wildman–Crippen LogP) is -0.00460. The molecule has 1 aliphatic heterocycles. The minimum absolute atomic E-state index is 0. The van der Waals surface area contributed by atoms with Gasteiger partial charge in [0.15, 0.2) is 5.52 Å². The molecular formula is C14H15N8O6+. The molecule has 146 valence electrons.